The average molecular weight is 376 g/mol. The van der Waals surface area contributed by atoms with Gasteiger partial charge in [0.25, 0.3) is 11.5 Å². The first kappa shape index (κ1) is 18.4. The van der Waals surface area contributed by atoms with Gasteiger partial charge in [-0.25, -0.2) is 4.98 Å². The molecule has 1 aliphatic heterocycles. The number of pyridine rings is 2. The average Bonchev–Trinajstić information content (AvgIpc) is 2.71. The van der Waals surface area contributed by atoms with Crippen molar-refractivity contribution in [1.82, 2.24) is 19.4 Å². The third kappa shape index (κ3) is 3.55. The molecule has 1 saturated heterocycles. The van der Waals surface area contributed by atoms with E-state index in [0.29, 0.717) is 25.3 Å². The van der Waals surface area contributed by atoms with Gasteiger partial charge in [-0.2, -0.15) is 0 Å². The van der Waals surface area contributed by atoms with E-state index in [4.69, 9.17) is 0 Å². The maximum Gasteiger partial charge on any atom is 0.265 e. The lowest BCUT2D eigenvalue weighted by molar-refractivity contribution is 0.0662. The maximum absolute atomic E-state index is 13.3. The first-order valence-corrected chi connectivity index (χ1v) is 9.55. The summed E-state index contributed by atoms with van der Waals surface area (Å²) < 4.78 is 1.61. The molecule has 0 bridgehead atoms. The maximum atomic E-state index is 13.3. The van der Waals surface area contributed by atoms with Crippen molar-refractivity contribution in [3.05, 3.63) is 75.7 Å². The number of amides is 1. The SMILES string of the molecule is Cc1ccc(Cn2c(=O)c(C(=O)N3CCN(C)CC3)cc3cccnc32)cc1. The lowest BCUT2D eigenvalue weighted by atomic mass is 10.1. The van der Waals surface area contributed by atoms with Gasteiger partial charge in [-0.3, -0.25) is 14.2 Å². The number of hydrogen-bond acceptors (Lipinski definition) is 4. The van der Waals surface area contributed by atoms with Gasteiger partial charge in [0.1, 0.15) is 11.2 Å². The Kier molecular flexibility index (Phi) is 4.96. The van der Waals surface area contributed by atoms with Crippen LogP contribution in [0.4, 0.5) is 0 Å². The van der Waals surface area contributed by atoms with Crippen molar-refractivity contribution in [3.63, 3.8) is 0 Å². The van der Waals surface area contributed by atoms with E-state index in [-0.39, 0.29) is 17.0 Å². The molecule has 1 amide bonds. The zero-order chi connectivity index (χ0) is 19.7. The predicted molar refractivity (Wildman–Crippen MR) is 110 cm³/mol. The van der Waals surface area contributed by atoms with E-state index in [1.54, 1.807) is 21.7 Å². The fourth-order valence-electron chi connectivity index (χ4n) is 3.56. The van der Waals surface area contributed by atoms with Gasteiger partial charge in [-0.1, -0.05) is 29.8 Å². The van der Waals surface area contributed by atoms with Gasteiger partial charge in [0.15, 0.2) is 0 Å². The Balaban J connectivity index is 1.77. The summed E-state index contributed by atoms with van der Waals surface area (Å²) in [7, 11) is 2.04. The molecule has 0 atom stereocenters. The number of fused-ring (bicyclic) bond motifs is 1. The quantitative estimate of drug-likeness (QED) is 0.703. The van der Waals surface area contributed by atoms with Gasteiger partial charge in [0.2, 0.25) is 0 Å². The Morgan fingerprint density at radius 3 is 2.50 bits per heavy atom. The highest BCUT2D eigenvalue weighted by Crippen LogP contribution is 2.15. The molecule has 2 aromatic heterocycles. The van der Waals surface area contributed by atoms with E-state index in [1.165, 1.54) is 0 Å². The molecule has 144 valence electrons. The Bertz CT molecular complexity index is 1060. The summed E-state index contributed by atoms with van der Waals surface area (Å²) in [4.78, 5) is 34.7. The van der Waals surface area contributed by atoms with Crippen LogP contribution >= 0.6 is 0 Å². The molecule has 0 aliphatic carbocycles. The second-order valence-corrected chi connectivity index (χ2v) is 7.45. The number of likely N-dealkylation sites (N-methyl/N-ethyl adjacent to an activating group) is 1. The van der Waals surface area contributed by atoms with Crippen molar-refractivity contribution in [2.45, 2.75) is 13.5 Å². The Labute approximate surface area is 164 Å². The largest absolute Gasteiger partial charge is 0.336 e. The molecular formula is C22H24N4O2. The zero-order valence-corrected chi connectivity index (χ0v) is 16.3. The molecule has 6 heteroatoms. The Morgan fingerprint density at radius 1 is 1.07 bits per heavy atom. The number of benzene rings is 1. The van der Waals surface area contributed by atoms with Gasteiger partial charge in [0.05, 0.1) is 6.54 Å². The predicted octanol–water partition coefficient (Wildman–Crippen LogP) is 2.14. The third-order valence-corrected chi connectivity index (χ3v) is 5.33. The fraction of sp³-hybridized carbons (Fsp3) is 0.318. The van der Waals surface area contributed by atoms with Crippen LogP contribution in [0.3, 0.4) is 0 Å². The van der Waals surface area contributed by atoms with Crippen molar-refractivity contribution in [2.75, 3.05) is 33.2 Å². The molecule has 0 radical (unpaired) electrons. The first-order chi connectivity index (χ1) is 13.5. The molecule has 28 heavy (non-hydrogen) atoms. The monoisotopic (exact) mass is 376 g/mol. The molecule has 4 rings (SSSR count). The van der Waals surface area contributed by atoms with Gasteiger partial charge in [-0.15, -0.1) is 0 Å². The van der Waals surface area contributed by atoms with Crippen LogP contribution in [-0.4, -0.2) is 58.5 Å². The summed E-state index contributed by atoms with van der Waals surface area (Å²) in [6.45, 7) is 5.32. The number of aryl methyl sites for hydroxylation is 1. The summed E-state index contributed by atoms with van der Waals surface area (Å²) in [6.07, 6.45) is 1.68. The molecule has 1 aliphatic rings. The van der Waals surface area contributed by atoms with E-state index in [1.807, 2.05) is 50.4 Å². The van der Waals surface area contributed by atoms with Gasteiger partial charge < -0.3 is 9.80 Å². The van der Waals surface area contributed by atoms with Crippen LogP contribution in [0.15, 0.2) is 53.5 Å². The van der Waals surface area contributed by atoms with Gasteiger partial charge in [0, 0.05) is 37.8 Å². The summed E-state index contributed by atoms with van der Waals surface area (Å²) >= 11 is 0. The smallest absolute Gasteiger partial charge is 0.265 e. The molecule has 3 aromatic rings. The van der Waals surface area contributed by atoms with E-state index < -0.39 is 0 Å². The molecule has 1 fully saturated rings. The molecule has 0 unspecified atom stereocenters. The van der Waals surface area contributed by atoms with Crippen LogP contribution < -0.4 is 5.56 Å². The van der Waals surface area contributed by atoms with Crippen LogP contribution in [0.1, 0.15) is 21.5 Å². The lowest BCUT2D eigenvalue weighted by Crippen LogP contribution is -2.48. The topological polar surface area (TPSA) is 58.4 Å². The second kappa shape index (κ2) is 7.56. The molecule has 0 spiro atoms. The molecule has 0 saturated carbocycles. The summed E-state index contributed by atoms with van der Waals surface area (Å²) in [5, 5.41) is 0.798. The minimum atomic E-state index is -0.282. The second-order valence-electron chi connectivity index (χ2n) is 7.45. The first-order valence-electron chi connectivity index (χ1n) is 9.55. The standard InChI is InChI=1S/C22H24N4O2/c1-16-5-7-17(8-6-16)15-26-20-18(4-3-9-23-20)14-19(22(26)28)21(27)25-12-10-24(2)11-13-25/h3-9,14H,10-13,15H2,1-2H3. The zero-order valence-electron chi connectivity index (χ0n) is 16.3. The normalized spacial score (nSPS) is 15.1. The van der Waals surface area contributed by atoms with Crippen LogP contribution in [-0.2, 0) is 6.54 Å². The summed E-state index contributed by atoms with van der Waals surface area (Å²) in [5.74, 6) is -0.193. The third-order valence-electron chi connectivity index (χ3n) is 5.33. The van der Waals surface area contributed by atoms with Crippen molar-refractivity contribution >= 4 is 16.9 Å². The van der Waals surface area contributed by atoms with Crippen LogP contribution in [0, 0.1) is 6.92 Å². The molecular weight excluding hydrogens is 352 g/mol. The van der Waals surface area contributed by atoms with Crippen LogP contribution in [0.2, 0.25) is 0 Å². The molecule has 0 N–H and O–H groups in total. The molecule has 1 aromatic carbocycles. The van der Waals surface area contributed by atoms with Crippen molar-refractivity contribution in [3.8, 4) is 0 Å². The minimum absolute atomic E-state index is 0.193. The molecule has 3 heterocycles. The van der Waals surface area contributed by atoms with E-state index in [0.717, 1.165) is 29.6 Å². The van der Waals surface area contributed by atoms with Crippen molar-refractivity contribution in [2.24, 2.45) is 0 Å². The Hall–Kier alpha value is -2.99. The number of aromatic nitrogens is 2. The number of carbonyl (C=O) groups excluding carboxylic acids is 1. The van der Waals surface area contributed by atoms with E-state index in [9.17, 15) is 9.59 Å². The summed E-state index contributed by atoms with van der Waals surface area (Å²) in [5.41, 5.74) is 2.71. The van der Waals surface area contributed by atoms with E-state index in [2.05, 4.69) is 9.88 Å². The molecule has 6 nitrogen and oxygen atoms in total. The van der Waals surface area contributed by atoms with Crippen molar-refractivity contribution in [1.29, 1.82) is 0 Å². The van der Waals surface area contributed by atoms with Gasteiger partial charge >= 0.3 is 0 Å². The minimum Gasteiger partial charge on any atom is -0.336 e. The number of nitrogens with zero attached hydrogens (tertiary/aromatic N) is 4. The Morgan fingerprint density at radius 2 is 1.79 bits per heavy atom. The number of carbonyl (C=O) groups is 1. The fourth-order valence-corrected chi connectivity index (χ4v) is 3.56. The number of piperazine rings is 1. The highest BCUT2D eigenvalue weighted by molar-refractivity contribution is 5.97. The highest BCUT2D eigenvalue weighted by atomic mass is 16.2. The lowest BCUT2D eigenvalue weighted by Gasteiger charge is -2.32. The summed E-state index contributed by atoms with van der Waals surface area (Å²) in [6, 6.07) is 13.5. The highest BCUT2D eigenvalue weighted by Gasteiger charge is 2.24. The van der Waals surface area contributed by atoms with Crippen LogP contribution in [0.5, 0.6) is 0 Å². The van der Waals surface area contributed by atoms with Crippen LogP contribution in [0.25, 0.3) is 11.0 Å². The number of hydrogen-bond donors (Lipinski definition) is 0. The van der Waals surface area contributed by atoms with Crippen molar-refractivity contribution < 1.29 is 4.79 Å². The van der Waals surface area contributed by atoms with E-state index >= 15 is 0 Å². The number of rotatable bonds is 3. The van der Waals surface area contributed by atoms with Gasteiger partial charge in [-0.05, 0) is 37.7 Å².